The smallest absolute Gasteiger partial charge is 0.223 e. The van der Waals surface area contributed by atoms with Crippen LogP contribution in [0, 0.1) is 0 Å². The number of carbonyl (C=O) groups excluding carboxylic acids is 1. The van der Waals surface area contributed by atoms with Crippen molar-refractivity contribution < 1.29 is 4.79 Å². The molecule has 2 aromatic heterocycles. The maximum Gasteiger partial charge on any atom is 0.223 e. The molecule has 0 fully saturated rings. The van der Waals surface area contributed by atoms with Gasteiger partial charge in [0.25, 0.3) is 0 Å². The zero-order chi connectivity index (χ0) is 15.1. The van der Waals surface area contributed by atoms with Crippen LogP contribution in [0.1, 0.15) is 12.5 Å². The number of amides is 1. The highest BCUT2D eigenvalue weighted by atomic mass is 16.2. The van der Waals surface area contributed by atoms with Gasteiger partial charge < -0.3 is 10.2 Å². The Morgan fingerprint density at radius 1 is 1.27 bits per heavy atom. The lowest BCUT2D eigenvalue weighted by Crippen LogP contribution is -2.25. The highest BCUT2D eigenvalue weighted by Crippen LogP contribution is 2.31. The minimum atomic E-state index is 0.0743. The maximum atomic E-state index is 11.6. The minimum absolute atomic E-state index is 0.0743. The number of fused-ring (bicyclic) bond motifs is 2. The van der Waals surface area contributed by atoms with Crippen molar-refractivity contribution in [1.82, 2.24) is 25.3 Å². The minimum Gasteiger partial charge on any atom is -0.339 e. The maximum absolute atomic E-state index is 11.6. The summed E-state index contributed by atoms with van der Waals surface area (Å²) in [5, 5.41) is 18.6. The summed E-state index contributed by atoms with van der Waals surface area (Å²) in [5.41, 5.74) is 3.66. The fourth-order valence-corrected chi connectivity index (χ4v) is 2.67. The van der Waals surface area contributed by atoms with Crippen LogP contribution in [0.25, 0.3) is 5.65 Å². The van der Waals surface area contributed by atoms with Gasteiger partial charge in [-0.2, -0.15) is 0 Å². The van der Waals surface area contributed by atoms with Gasteiger partial charge in [0.2, 0.25) is 5.91 Å². The molecule has 8 nitrogen and oxygen atoms in total. The molecule has 22 heavy (non-hydrogen) atoms. The van der Waals surface area contributed by atoms with Crippen molar-refractivity contribution in [2.24, 2.45) is 0 Å². The Kier molecular flexibility index (Phi) is 2.75. The molecule has 8 heteroatoms. The number of tetrazole rings is 1. The van der Waals surface area contributed by atoms with E-state index in [9.17, 15) is 4.79 Å². The van der Waals surface area contributed by atoms with Crippen molar-refractivity contribution in [3.8, 4) is 0 Å². The predicted molar refractivity (Wildman–Crippen MR) is 80.0 cm³/mol. The van der Waals surface area contributed by atoms with Crippen molar-refractivity contribution in [2.75, 3.05) is 16.8 Å². The summed E-state index contributed by atoms with van der Waals surface area (Å²) < 4.78 is 1.37. The molecule has 0 bridgehead atoms. The Labute approximate surface area is 125 Å². The highest BCUT2D eigenvalue weighted by molar-refractivity contribution is 5.94. The number of rotatable bonds is 2. The summed E-state index contributed by atoms with van der Waals surface area (Å²) in [6.45, 7) is 2.33. The van der Waals surface area contributed by atoms with Crippen LogP contribution >= 0.6 is 0 Å². The molecule has 4 rings (SSSR count). The molecule has 110 valence electrons. The van der Waals surface area contributed by atoms with Crippen LogP contribution in [-0.4, -0.2) is 37.7 Å². The molecule has 3 heterocycles. The summed E-state index contributed by atoms with van der Waals surface area (Å²) in [7, 11) is 0. The molecule has 0 atom stereocenters. The van der Waals surface area contributed by atoms with Gasteiger partial charge in [-0.3, -0.25) is 4.79 Å². The quantitative estimate of drug-likeness (QED) is 0.763. The van der Waals surface area contributed by atoms with Gasteiger partial charge in [-0.1, -0.05) is 0 Å². The van der Waals surface area contributed by atoms with E-state index in [-0.39, 0.29) is 5.91 Å². The number of nitrogens with one attached hydrogen (secondary N) is 1. The standard InChI is InChI=1S/C14H13N7O/c1-9(22)20-7-6-10-8-11(2-3-12(10)20)15-13-4-5-14-16-18-19-21(14)17-13/h2-5,8H,6-7H2,1H3,(H,15,17). The third kappa shape index (κ3) is 2.05. The lowest BCUT2D eigenvalue weighted by Gasteiger charge is -2.15. The summed E-state index contributed by atoms with van der Waals surface area (Å²) in [6, 6.07) is 9.55. The molecular weight excluding hydrogens is 282 g/mol. The lowest BCUT2D eigenvalue weighted by atomic mass is 10.1. The molecule has 0 radical (unpaired) electrons. The van der Waals surface area contributed by atoms with Gasteiger partial charge in [0.1, 0.15) is 0 Å². The van der Waals surface area contributed by atoms with Crippen LogP contribution in [0.2, 0.25) is 0 Å². The van der Waals surface area contributed by atoms with E-state index >= 15 is 0 Å². The molecule has 3 aromatic rings. The van der Waals surface area contributed by atoms with Crippen LogP contribution in [0.4, 0.5) is 17.2 Å². The van der Waals surface area contributed by atoms with Crippen molar-refractivity contribution in [2.45, 2.75) is 13.3 Å². The van der Waals surface area contributed by atoms with Crippen LogP contribution in [0.5, 0.6) is 0 Å². The van der Waals surface area contributed by atoms with E-state index in [0.717, 1.165) is 29.9 Å². The molecule has 0 saturated carbocycles. The van der Waals surface area contributed by atoms with Crippen LogP contribution < -0.4 is 10.2 Å². The van der Waals surface area contributed by atoms with Crippen molar-refractivity contribution in [3.05, 3.63) is 35.9 Å². The fourth-order valence-electron chi connectivity index (χ4n) is 2.67. The molecule has 0 aliphatic carbocycles. The van der Waals surface area contributed by atoms with E-state index in [1.807, 2.05) is 24.3 Å². The number of anilines is 3. The van der Waals surface area contributed by atoms with Gasteiger partial charge >= 0.3 is 0 Å². The molecule has 1 aliphatic rings. The van der Waals surface area contributed by atoms with E-state index < -0.39 is 0 Å². The Morgan fingerprint density at radius 2 is 2.18 bits per heavy atom. The van der Waals surface area contributed by atoms with Gasteiger partial charge in [-0.25, -0.2) is 0 Å². The molecule has 0 unspecified atom stereocenters. The van der Waals surface area contributed by atoms with E-state index in [1.165, 1.54) is 4.63 Å². The average molecular weight is 295 g/mol. The third-order valence-electron chi connectivity index (χ3n) is 3.70. The summed E-state index contributed by atoms with van der Waals surface area (Å²) in [4.78, 5) is 13.4. The number of benzene rings is 1. The summed E-state index contributed by atoms with van der Waals surface area (Å²) in [6.07, 6.45) is 0.865. The van der Waals surface area contributed by atoms with E-state index in [2.05, 4.69) is 25.9 Å². The molecule has 0 saturated heterocycles. The monoisotopic (exact) mass is 295 g/mol. The number of aromatic nitrogens is 5. The molecule has 0 spiro atoms. The lowest BCUT2D eigenvalue weighted by molar-refractivity contribution is -0.116. The SMILES string of the molecule is CC(=O)N1CCc2cc(Nc3ccc4nnnn4n3)ccc21. The third-order valence-corrected chi connectivity index (χ3v) is 3.70. The van der Waals surface area contributed by atoms with Gasteiger partial charge in [-0.05, 0) is 52.7 Å². The highest BCUT2D eigenvalue weighted by Gasteiger charge is 2.22. The molecule has 1 amide bonds. The fraction of sp³-hybridized carbons (Fsp3) is 0.214. The first-order valence-corrected chi connectivity index (χ1v) is 6.94. The van der Waals surface area contributed by atoms with Crippen molar-refractivity contribution in [1.29, 1.82) is 0 Å². The zero-order valence-corrected chi connectivity index (χ0v) is 11.9. The molecule has 1 N–H and O–H groups in total. The van der Waals surface area contributed by atoms with E-state index in [4.69, 9.17) is 0 Å². The zero-order valence-electron chi connectivity index (χ0n) is 11.9. The summed E-state index contributed by atoms with van der Waals surface area (Å²) in [5.74, 6) is 0.728. The second kappa shape index (κ2) is 4.76. The first kappa shape index (κ1) is 12.7. The largest absolute Gasteiger partial charge is 0.339 e. The second-order valence-electron chi connectivity index (χ2n) is 5.13. The van der Waals surface area contributed by atoms with Gasteiger partial charge in [0.05, 0.1) is 0 Å². The van der Waals surface area contributed by atoms with Crippen LogP contribution in [-0.2, 0) is 11.2 Å². The molecule has 1 aromatic carbocycles. The van der Waals surface area contributed by atoms with Crippen molar-refractivity contribution in [3.63, 3.8) is 0 Å². The second-order valence-corrected chi connectivity index (χ2v) is 5.13. The number of nitrogens with zero attached hydrogens (tertiary/aromatic N) is 6. The predicted octanol–water partition coefficient (Wildman–Crippen LogP) is 1.17. The number of carbonyl (C=O) groups is 1. The Balaban J connectivity index is 1.62. The topological polar surface area (TPSA) is 88.3 Å². The Bertz CT molecular complexity index is 873. The van der Waals surface area contributed by atoms with Crippen LogP contribution in [0.3, 0.4) is 0 Å². The number of hydrogen-bond donors (Lipinski definition) is 1. The van der Waals surface area contributed by atoms with E-state index in [1.54, 1.807) is 17.9 Å². The molecular formula is C14H13N7O. The van der Waals surface area contributed by atoms with E-state index in [0.29, 0.717) is 11.5 Å². The van der Waals surface area contributed by atoms with Gasteiger partial charge in [-0.15, -0.1) is 14.8 Å². The Hall–Kier alpha value is -3.03. The molecule has 1 aliphatic heterocycles. The van der Waals surface area contributed by atoms with Crippen LogP contribution in [0.15, 0.2) is 30.3 Å². The van der Waals surface area contributed by atoms with Crippen molar-refractivity contribution >= 4 is 28.7 Å². The first-order chi connectivity index (χ1) is 10.7. The number of hydrogen-bond acceptors (Lipinski definition) is 6. The first-order valence-electron chi connectivity index (χ1n) is 6.94. The van der Waals surface area contributed by atoms with Gasteiger partial charge in [0.15, 0.2) is 11.5 Å². The normalized spacial score (nSPS) is 13.4. The average Bonchev–Trinajstić information content (AvgIpc) is 3.12. The van der Waals surface area contributed by atoms with Gasteiger partial charge in [0, 0.05) is 24.8 Å². The Morgan fingerprint density at radius 3 is 3.05 bits per heavy atom. The summed E-state index contributed by atoms with van der Waals surface area (Å²) >= 11 is 0.